The molecule has 1 fully saturated rings. The Morgan fingerprint density at radius 3 is 2.44 bits per heavy atom. The molecule has 0 saturated carbocycles. The van der Waals surface area contributed by atoms with E-state index in [1.54, 1.807) is 4.90 Å². The summed E-state index contributed by atoms with van der Waals surface area (Å²) in [7, 11) is 1.53. The number of methoxy groups -OCH3 is 1. The standard InChI is InChI=1S/C29H34N6O4/c1-39-26(22-6-3-2-4-7-22)29(38)35-19-24-25(20-35)31-32-27(24)30-28(37)23-10-8-21(9-11-23)18-34-15-13-33(14-16-34)12-5-17-36/h2-4,6-11,17,26H,5,12-16,18-20H2,1H3,(H2,30,31,32,37)/t26-/m0/s1. The van der Waals surface area contributed by atoms with Crippen LogP contribution in [0.1, 0.15) is 45.3 Å². The van der Waals surface area contributed by atoms with Crippen molar-refractivity contribution in [1.82, 2.24) is 24.9 Å². The molecule has 2 amide bonds. The van der Waals surface area contributed by atoms with Crippen LogP contribution in [0.2, 0.25) is 0 Å². The fourth-order valence-electron chi connectivity index (χ4n) is 5.18. The summed E-state index contributed by atoms with van der Waals surface area (Å²) in [6, 6.07) is 17.0. The number of rotatable bonds is 10. The van der Waals surface area contributed by atoms with Gasteiger partial charge in [0.25, 0.3) is 11.8 Å². The molecule has 0 unspecified atom stereocenters. The van der Waals surface area contributed by atoms with Gasteiger partial charge in [-0.25, -0.2) is 0 Å². The van der Waals surface area contributed by atoms with Crippen LogP contribution in [0.3, 0.4) is 0 Å². The van der Waals surface area contributed by atoms with Crippen molar-refractivity contribution in [3.8, 4) is 0 Å². The predicted octanol–water partition coefficient (Wildman–Crippen LogP) is 2.60. The molecule has 0 bridgehead atoms. The number of nitrogens with one attached hydrogen (secondary N) is 2. The Hall–Kier alpha value is -3.86. The minimum atomic E-state index is -0.689. The summed E-state index contributed by atoms with van der Waals surface area (Å²) in [6.07, 6.45) is 0.874. The first-order valence-electron chi connectivity index (χ1n) is 13.3. The molecule has 0 aliphatic carbocycles. The zero-order valence-electron chi connectivity index (χ0n) is 22.1. The smallest absolute Gasteiger partial charge is 0.256 e. The number of piperazine rings is 1. The molecule has 2 aliphatic heterocycles. The minimum Gasteiger partial charge on any atom is -0.367 e. The predicted molar refractivity (Wildman–Crippen MR) is 146 cm³/mol. The van der Waals surface area contributed by atoms with E-state index in [9.17, 15) is 14.4 Å². The third-order valence-corrected chi connectivity index (χ3v) is 7.41. The van der Waals surface area contributed by atoms with Crippen molar-refractivity contribution in [2.24, 2.45) is 0 Å². The Labute approximate surface area is 227 Å². The maximum Gasteiger partial charge on any atom is 0.256 e. The molecule has 0 spiro atoms. The quantitative estimate of drug-likeness (QED) is 0.388. The number of benzene rings is 2. The van der Waals surface area contributed by atoms with Gasteiger partial charge in [0.15, 0.2) is 11.9 Å². The maximum atomic E-state index is 13.2. The van der Waals surface area contributed by atoms with Gasteiger partial charge in [0.05, 0.1) is 18.8 Å². The Morgan fingerprint density at radius 1 is 1.03 bits per heavy atom. The van der Waals surface area contributed by atoms with Crippen molar-refractivity contribution in [3.63, 3.8) is 0 Å². The lowest BCUT2D eigenvalue weighted by molar-refractivity contribution is -0.143. The van der Waals surface area contributed by atoms with Crippen molar-refractivity contribution >= 4 is 23.9 Å². The molecule has 10 heteroatoms. The lowest BCUT2D eigenvalue weighted by Crippen LogP contribution is -2.46. The summed E-state index contributed by atoms with van der Waals surface area (Å²) < 4.78 is 5.51. The fourth-order valence-corrected chi connectivity index (χ4v) is 5.18. The molecular formula is C29H34N6O4. The van der Waals surface area contributed by atoms with E-state index in [0.29, 0.717) is 30.9 Å². The number of aromatic nitrogens is 2. The monoisotopic (exact) mass is 530 g/mol. The molecule has 204 valence electrons. The van der Waals surface area contributed by atoms with E-state index in [1.165, 1.54) is 7.11 Å². The fraction of sp³-hybridized carbons (Fsp3) is 0.379. The average molecular weight is 531 g/mol. The largest absolute Gasteiger partial charge is 0.367 e. The lowest BCUT2D eigenvalue weighted by atomic mass is 10.1. The number of fused-ring (bicyclic) bond motifs is 1. The number of hydrogen-bond donors (Lipinski definition) is 2. The first-order chi connectivity index (χ1) is 19.1. The van der Waals surface area contributed by atoms with Gasteiger partial charge in [-0.3, -0.25) is 19.6 Å². The van der Waals surface area contributed by atoms with E-state index in [4.69, 9.17) is 4.74 Å². The Bertz CT molecular complexity index is 1280. The van der Waals surface area contributed by atoms with Crippen LogP contribution in [0.4, 0.5) is 5.82 Å². The van der Waals surface area contributed by atoms with Crippen LogP contribution in [0.5, 0.6) is 0 Å². The van der Waals surface area contributed by atoms with E-state index in [0.717, 1.165) is 67.9 Å². The Kier molecular flexibility index (Phi) is 8.45. The molecule has 3 heterocycles. The zero-order chi connectivity index (χ0) is 27.2. The summed E-state index contributed by atoms with van der Waals surface area (Å²) in [6.45, 7) is 6.22. The number of nitrogens with zero attached hydrogens (tertiary/aromatic N) is 4. The van der Waals surface area contributed by atoms with Gasteiger partial charge in [0.1, 0.15) is 6.29 Å². The molecule has 2 aromatic carbocycles. The van der Waals surface area contributed by atoms with Gasteiger partial charge in [-0.15, -0.1) is 0 Å². The van der Waals surface area contributed by atoms with Crippen LogP contribution in [0, 0.1) is 0 Å². The highest BCUT2D eigenvalue weighted by atomic mass is 16.5. The number of aldehydes is 1. The number of H-pyrrole nitrogens is 1. The Balaban J connectivity index is 1.15. The zero-order valence-corrected chi connectivity index (χ0v) is 22.1. The second-order valence-electron chi connectivity index (χ2n) is 9.97. The van der Waals surface area contributed by atoms with Crippen LogP contribution in [-0.2, 0) is 34.0 Å². The lowest BCUT2D eigenvalue weighted by Gasteiger charge is -2.34. The summed E-state index contributed by atoms with van der Waals surface area (Å²) >= 11 is 0. The third kappa shape index (κ3) is 6.25. The van der Waals surface area contributed by atoms with E-state index in [2.05, 4.69) is 25.3 Å². The van der Waals surface area contributed by atoms with Crippen LogP contribution in [0.25, 0.3) is 0 Å². The number of carbonyl (C=O) groups excluding carboxylic acids is 3. The van der Waals surface area contributed by atoms with E-state index in [1.807, 2.05) is 54.6 Å². The first kappa shape index (κ1) is 26.7. The second-order valence-corrected chi connectivity index (χ2v) is 9.97. The molecule has 2 aliphatic rings. The van der Waals surface area contributed by atoms with E-state index < -0.39 is 6.10 Å². The molecule has 1 aromatic heterocycles. The number of ether oxygens (including phenoxy) is 1. The summed E-state index contributed by atoms with van der Waals surface area (Å²) in [5.74, 6) is 0.0579. The van der Waals surface area contributed by atoms with Crippen molar-refractivity contribution in [1.29, 1.82) is 0 Å². The molecule has 5 rings (SSSR count). The SMILES string of the molecule is CO[C@H](C(=O)N1Cc2[nH]nc(NC(=O)c3ccc(CN4CCN(CCC=O)CC4)cc3)c2C1)c1ccccc1. The highest BCUT2D eigenvalue weighted by molar-refractivity contribution is 6.04. The number of anilines is 1. The van der Waals surface area contributed by atoms with Gasteiger partial charge < -0.3 is 24.6 Å². The van der Waals surface area contributed by atoms with Gasteiger partial charge in [0, 0.05) is 63.9 Å². The maximum absolute atomic E-state index is 13.2. The van der Waals surface area contributed by atoms with Gasteiger partial charge in [0.2, 0.25) is 0 Å². The molecular weight excluding hydrogens is 496 g/mol. The van der Waals surface area contributed by atoms with Crippen LogP contribution in [-0.4, -0.2) is 82.8 Å². The molecule has 1 atom stereocenters. The van der Waals surface area contributed by atoms with Crippen LogP contribution >= 0.6 is 0 Å². The Morgan fingerprint density at radius 2 is 1.74 bits per heavy atom. The number of amides is 2. The highest BCUT2D eigenvalue weighted by Crippen LogP contribution is 2.30. The van der Waals surface area contributed by atoms with Gasteiger partial charge in [-0.2, -0.15) is 5.10 Å². The minimum absolute atomic E-state index is 0.136. The number of carbonyl (C=O) groups is 3. The summed E-state index contributed by atoms with van der Waals surface area (Å²) in [5.41, 5.74) is 4.11. The molecule has 10 nitrogen and oxygen atoms in total. The highest BCUT2D eigenvalue weighted by Gasteiger charge is 2.33. The molecule has 2 N–H and O–H groups in total. The molecule has 0 radical (unpaired) electrons. The second kappa shape index (κ2) is 12.3. The van der Waals surface area contributed by atoms with Crippen molar-refractivity contribution in [2.75, 3.05) is 45.2 Å². The molecule has 3 aromatic rings. The van der Waals surface area contributed by atoms with Crippen LogP contribution in [0.15, 0.2) is 54.6 Å². The molecule has 1 saturated heterocycles. The normalized spacial score (nSPS) is 16.6. The number of aromatic amines is 1. The summed E-state index contributed by atoms with van der Waals surface area (Å²) in [4.78, 5) is 43.2. The first-order valence-corrected chi connectivity index (χ1v) is 13.3. The van der Waals surface area contributed by atoms with Crippen molar-refractivity contribution in [3.05, 3.63) is 82.5 Å². The summed E-state index contributed by atoms with van der Waals surface area (Å²) in [5, 5.41) is 10.2. The van der Waals surface area contributed by atoms with Crippen molar-refractivity contribution in [2.45, 2.75) is 32.2 Å². The molecule has 39 heavy (non-hydrogen) atoms. The average Bonchev–Trinajstić information content (AvgIpc) is 3.56. The van der Waals surface area contributed by atoms with E-state index >= 15 is 0 Å². The van der Waals surface area contributed by atoms with Crippen molar-refractivity contribution < 1.29 is 19.1 Å². The van der Waals surface area contributed by atoms with Gasteiger partial charge in [-0.1, -0.05) is 42.5 Å². The van der Waals surface area contributed by atoms with Crippen LogP contribution < -0.4 is 5.32 Å². The van der Waals surface area contributed by atoms with Gasteiger partial charge in [-0.05, 0) is 23.3 Å². The topological polar surface area (TPSA) is 111 Å². The van der Waals surface area contributed by atoms with E-state index in [-0.39, 0.29) is 11.8 Å². The van der Waals surface area contributed by atoms with Gasteiger partial charge >= 0.3 is 0 Å². The third-order valence-electron chi connectivity index (χ3n) is 7.41. The number of hydrogen-bond acceptors (Lipinski definition) is 7.